The highest BCUT2D eigenvalue weighted by Crippen LogP contribution is 2.47. The maximum absolute atomic E-state index is 12.8. The largest absolute Gasteiger partial charge is 0.493 e. The molecule has 192 valence electrons. The van der Waals surface area contributed by atoms with Crippen LogP contribution in [-0.2, 0) is 21.2 Å². The molecule has 36 heavy (non-hydrogen) atoms. The van der Waals surface area contributed by atoms with Gasteiger partial charge in [0, 0.05) is 29.6 Å². The van der Waals surface area contributed by atoms with Gasteiger partial charge in [-0.15, -0.1) is 11.8 Å². The van der Waals surface area contributed by atoms with Gasteiger partial charge < -0.3 is 14.8 Å². The topological polar surface area (TPSA) is 89.9 Å². The average molecular weight is 522 g/mol. The SMILES string of the molecule is CC(C)(C)OC(=O)CC1=NC2(CCOc3ccc(NC(=O)c4ccc(C(F)(F)F)cn4)cc32)CCS1. The number of anilines is 1. The molecule has 7 nitrogen and oxygen atoms in total. The van der Waals surface area contributed by atoms with Crippen molar-refractivity contribution >= 4 is 34.4 Å². The molecule has 4 rings (SSSR count). The summed E-state index contributed by atoms with van der Waals surface area (Å²) in [5.74, 6) is 0.415. The Hall–Kier alpha value is -3.08. The van der Waals surface area contributed by atoms with E-state index in [-0.39, 0.29) is 18.1 Å². The molecule has 1 aromatic carbocycles. The molecule has 1 amide bonds. The minimum Gasteiger partial charge on any atom is -0.493 e. The number of rotatable bonds is 4. The Morgan fingerprint density at radius 2 is 1.94 bits per heavy atom. The number of aliphatic imine (C=N–C) groups is 1. The number of carbonyl (C=O) groups excluding carboxylic acids is 2. The van der Waals surface area contributed by atoms with Gasteiger partial charge in [-0.1, -0.05) is 0 Å². The van der Waals surface area contributed by atoms with Crippen LogP contribution in [0.15, 0.2) is 41.5 Å². The average Bonchev–Trinajstić information content (AvgIpc) is 2.78. The number of halogens is 3. The first kappa shape index (κ1) is 26.0. The Morgan fingerprint density at radius 3 is 2.61 bits per heavy atom. The molecule has 1 atom stereocenters. The van der Waals surface area contributed by atoms with Crippen LogP contribution in [0.25, 0.3) is 0 Å². The van der Waals surface area contributed by atoms with Gasteiger partial charge >= 0.3 is 12.1 Å². The monoisotopic (exact) mass is 521 g/mol. The summed E-state index contributed by atoms with van der Waals surface area (Å²) in [6.45, 7) is 5.90. The van der Waals surface area contributed by atoms with E-state index in [4.69, 9.17) is 14.5 Å². The maximum Gasteiger partial charge on any atom is 0.417 e. The van der Waals surface area contributed by atoms with Crippen LogP contribution in [0.5, 0.6) is 5.75 Å². The molecule has 11 heteroatoms. The zero-order chi connectivity index (χ0) is 26.1. The van der Waals surface area contributed by atoms with Crippen LogP contribution in [0.4, 0.5) is 18.9 Å². The molecule has 1 unspecified atom stereocenters. The molecule has 0 radical (unpaired) electrons. The summed E-state index contributed by atoms with van der Waals surface area (Å²) in [4.78, 5) is 33.6. The van der Waals surface area contributed by atoms with E-state index in [9.17, 15) is 22.8 Å². The lowest BCUT2D eigenvalue weighted by atomic mass is 9.82. The Labute approximate surface area is 210 Å². The van der Waals surface area contributed by atoms with Gasteiger partial charge in [0.25, 0.3) is 5.91 Å². The second kappa shape index (κ2) is 9.76. The number of amides is 1. The van der Waals surface area contributed by atoms with Gasteiger partial charge in [0.05, 0.1) is 29.2 Å². The van der Waals surface area contributed by atoms with Crippen LogP contribution in [0.3, 0.4) is 0 Å². The Bertz CT molecular complexity index is 1190. The molecule has 0 fully saturated rings. The van der Waals surface area contributed by atoms with Crippen molar-refractivity contribution in [1.82, 2.24) is 4.98 Å². The fourth-order valence-electron chi connectivity index (χ4n) is 4.08. The summed E-state index contributed by atoms with van der Waals surface area (Å²) in [6, 6.07) is 7.01. The first-order chi connectivity index (χ1) is 16.8. The standard InChI is InChI=1S/C25H26F3N3O4S/c1-23(2,3)35-21(32)13-20-31-24(9-11-36-20)8-10-34-19-7-5-16(12-17(19)24)30-22(33)18-6-4-15(14-29-18)25(26,27)28/h4-7,12,14H,8-11,13H2,1-3H3,(H,30,33). The molecule has 1 N–H and O–H groups in total. The first-order valence-corrected chi connectivity index (χ1v) is 12.4. The highest BCUT2D eigenvalue weighted by molar-refractivity contribution is 8.14. The highest BCUT2D eigenvalue weighted by Gasteiger charge is 2.40. The third kappa shape index (κ3) is 6.00. The number of carbonyl (C=O) groups is 2. The number of pyridine rings is 1. The quantitative estimate of drug-likeness (QED) is 0.527. The molecule has 0 aliphatic carbocycles. The fourth-order valence-corrected chi connectivity index (χ4v) is 5.22. The minimum atomic E-state index is -4.53. The number of hydrogen-bond acceptors (Lipinski definition) is 7. The number of nitrogens with zero attached hydrogens (tertiary/aromatic N) is 2. The van der Waals surface area contributed by atoms with E-state index in [0.717, 1.165) is 29.9 Å². The fraction of sp³-hybridized carbons (Fsp3) is 0.440. The third-order valence-corrected chi connectivity index (χ3v) is 6.65. The third-order valence-electron chi connectivity index (χ3n) is 5.67. The Morgan fingerprint density at radius 1 is 1.17 bits per heavy atom. The maximum atomic E-state index is 12.8. The van der Waals surface area contributed by atoms with Crippen molar-refractivity contribution in [2.75, 3.05) is 17.7 Å². The molecule has 0 saturated heterocycles. The van der Waals surface area contributed by atoms with E-state index in [2.05, 4.69) is 10.3 Å². The van der Waals surface area contributed by atoms with Crippen molar-refractivity contribution in [2.45, 2.75) is 57.3 Å². The van der Waals surface area contributed by atoms with Gasteiger partial charge in [-0.25, -0.2) is 0 Å². The predicted molar refractivity (Wildman–Crippen MR) is 130 cm³/mol. The normalized spacial score (nSPS) is 19.7. The molecule has 0 bridgehead atoms. The molecule has 2 aromatic rings. The second-order valence-corrected chi connectivity index (χ2v) is 10.8. The van der Waals surface area contributed by atoms with E-state index in [1.807, 2.05) is 20.8 Å². The molecule has 1 spiro atoms. The van der Waals surface area contributed by atoms with Crippen molar-refractivity contribution in [3.63, 3.8) is 0 Å². The molecular weight excluding hydrogens is 495 g/mol. The zero-order valence-corrected chi connectivity index (χ0v) is 20.9. The number of aromatic nitrogens is 1. The van der Waals surface area contributed by atoms with E-state index in [1.54, 1.807) is 18.2 Å². The number of thioether (sulfide) groups is 1. The van der Waals surface area contributed by atoms with Gasteiger partial charge in [-0.3, -0.25) is 19.6 Å². The zero-order valence-electron chi connectivity index (χ0n) is 20.1. The van der Waals surface area contributed by atoms with Crippen molar-refractivity contribution in [2.24, 2.45) is 4.99 Å². The summed E-state index contributed by atoms with van der Waals surface area (Å²) in [5, 5.41) is 3.38. The Balaban J connectivity index is 1.56. The summed E-state index contributed by atoms with van der Waals surface area (Å²) in [6.07, 6.45) is -2.49. The van der Waals surface area contributed by atoms with E-state index >= 15 is 0 Å². The lowest BCUT2D eigenvalue weighted by Gasteiger charge is -2.39. The van der Waals surface area contributed by atoms with E-state index < -0.39 is 28.8 Å². The van der Waals surface area contributed by atoms with Crippen LogP contribution in [0.2, 0.25) is 0 Å². The molecule has 2 aliphatic rings. The predicted octanol–water partition coefficient (Wildman–Crippen LogP) is 5.60. The van der Waals surface area contributed by atoms with E-state index in [0.29, 0.717) is 35.7 Å². The molecule has 0 saturated carbocycles. The lowest BCUT2D eigenvalue weighted by Crippen LogP contribution is -2.36. The van der Waals surface area contributed by atoms with E-state index in [1.165, 1.54) is 11.8 Å². The minimum absolute atomic E-state index is 0.0793. The smallest absolute Gasteiger partial charge is 0.417 e. The number of fused-ring (bicyclic) bond motifs is 2. The van der Waals surface area contributed by atoms with Crippen molar-refractivity contribution in [3.05, 3.63) is 53.3 Å². The second-order valence-electron chi connectivity index (χ2n) is 9.59. The summed E-state index contributed by atoms with van der Waals surface area (Å²) < 4.78 is 49.6. The lowest BCUT2D eigenvalue weighted by molar-refractivity contribution is -0.153. The van der Waals surface area contributed by atoms with Gasteiger partial charge in [0.1, 0.15) is 17.0 Å². The number of nitrogens with one attached hydrogen (secondary N) is 1. The number of alkyl halides is 3. The van der Waals surface area contributed by atoms with Crippen molar-refractivity contribution in [1.29, 1.82) is 0 Å². The van der Waals surface area contributed by atoms with Crippen LogP contribution >= 0.6 is 11.8 Å². The molecular formula is C25H26F3N3O4S. The molecule has 3 heterocycles. The van der Waals surface area contributed by atoms with Gasteiger partial charge in [-0.2, -0.15) is 13.2 Å². The van der Waals surface area contributed by atoms with Crippen molar-refractivity contribution < 1.29 is 32.2 Å². The van der Waals surface area contributed by atoms with Crippen molar-refractivity contribution in [3.8, 4) is 5.75 Å². The van der Waals surface area contributed by atoms with Crippen LogP contribution < -0.4 is 10.1 Å². The molecule has 2 aliphatic heterocycles. The highest BCUT2D eigenvalue weighted by atomic mass is 32.2. The number of ether oxygens (including phenoxy) is 2. The number of hydrogen-bond donors (Lipinski definition) is 1. The Kier molecular flexibility index (Phi) is 7.05. The number of benzene rings is 1. The molecule has 1 aromatic heterocycles. The van der Waals surface area contributed by atoms with Gasteiger partial charge in [-0.05, 0) is 57.5 Å². The summed E-state index contributed by atoms with van der Waals surface area (Å²) >= 11 is 1.53. The summed E-state index contributed by atoms with van der Waals surface area (Å²) in [5.41, 5.74) is -1.04. The first-order valence-electron chi connectivity index (χ1n) is 11.4. The van der Waals surface area contributed by atoms with Crippen LogP contribution in [0, 0.1) is 0 Å². The summed E-state index contributed by atoms with van der Waals surface area (Å²) in [7, 11) is 0. The van der Waals surface area contributed by atoms with Crippen LogP contribution in [-0.4, -0.2) is 39.9 Å². The van der Waals surface area contributed by atoms with Gasteiger partial charge in [0.2, 0.25) is 0 Å². The van der Waals surface area contributed by atoms with Gasteiger partial charge in [0.15, 0.2) is 0 Å². The van der Waals surface area contributed by atoms with Crippen LogP contribution in [0.1, 0.15) is 61.6 Å². The number of esters is 1.